The van der Waals surface area contributed by atoms with Gasteiger partial charge in [-0.1, -0.05) is 0 Å². The van der Waals surface area contributed by atoms with Crippen LogP contribution < -0.4 is 10.1 Å². The smallest absolute Gasteiger partial charge is 0.338 e. The third-order valence-corrected chi connectivity index (χ3v) is 4.78. The standard InChI is InChI=1S/C16H22BrNO3/c1-16(2,12-6-8-18-9-7-12)21-15(19)11-4-5-14(20-3)13(17)10-11/h4-5,10,12,18H,6-9H2,1-3H3/p+1. The number of quaternary nitrogens is 1. The molecule has 116 valence electrons. The third kappa shape index (κ3) is 3.98. The number of rotatable bonds is 4. The fraction of sp³-hybridized carbons (Fsp3) is 0.562. The fourth-order valence-electron chi connectivity index (χ4n) is 2.80. The molecule has 1 aromatic rings. The SMILES string of the molecule is COc1ccc(C(=O)OC(C)(C)C2CC[NH2+]CC2)cc1Br. The van der Waals surface area contributed by atoms with Crippen LogP contribution in [0.3, 0.4) is 0 Å². The van der Waals surface area contributed by atoms with Crippen molar-refractivity contribution in [1.29, 1.82) is 0 Å². The van der Waals surface area contributed by atoms with Crippen LogP contribution in [0.4, 0.5) is 0 Å². The molecule has 0 atom stereocenters. The minimum atomic E-state index is -0.433. The molecule has 1 aliphatic heterocycles. The van der Waals surface area contributed by atoms with Gasteiger partial charge in [0.25, 0.3) is 0 Å². The van der Waals surface area contributed by atoms with Gasteiger partial charge in [0.2, 0.25) is 0 Å². The van der Waals surface area contributed by atoms with Crippen LogP contribution in [0.1, 0.15) is 37.0 Å². The Morgan fingerprint density at radius 3 is 2.57 bits per heavy atom. The summed E-state index contributed by atoms with van der Waals surface area (Å²) in [6.07, 6.45) is 2.18. The molecular weight excluding hydrogens is 334 g/mol. The first kappa shape index (κ1) is 16.3. The van der Waals surface area contributed by atoms with Gasteiger partial charge in [-0.2, -0.15) is 0 Å². The van der Waals surface area contributed by atoms with E-state index in [1.54, 1.807) is 25.3 Å². The second-order valence-corrected chi connectivity index (χ2v) is 6.84. The average molecular weight is 357 g/mol. The monoisotopic (exact) mass is 356 g/mol. The lowest BCUT2D eigenvalue weighted by molar-refractivity contribution is -0.665. The molecule has 0 aliphatic carbocycles. The summed E-state index contributed by atoms with van der Waals surface area (Å²) in [6.45, 7) is 6.25. The highest BCUT2D eigenvalue weighted by atomic mass is 79.9. The van der Waals surface area contributed by atoms with Gasteiger partial charge in [-0.05, 0) is 48.0 Å². The molecule has 4 nitrogen and oxygen atoms in total. The summed E-state index contributed by atoms with van der Waals surface area (Å²) in [6, 6.07) is 5.24. The number of carbonyl (C=O) groups is 1. The van der Waals surface area contributed by atoms with Crippen LogP contribution in [0.5, 0.6) is 5.75 Å². The number of hydrogen-bond acceptors (Lipinski definition) is 3. The summed E-state index contributed by atoms with van der Waals surface area (Å²) in [4.78, 5) is 12.4. The zero-order valence-corrected chi connectivity index (χ0v) is 14.4. The van der Waals surface area contributed by atoms with E-state index in [1.165, 1.54) is 0 Å². The maximum absolute atomic E-state index is 12.4. The first-order chi connectivity index (χ1) is 9.94. The molecule has 0 unspecified atom stereocenters. The van der Waals surface area contributed by atoms with Crippen LogP contribution in [0.25, 0.3) is 0 Å². The van der Waals surface area contributed by atoms with Crippen molar-refractivity contribution in [2.75, 3.05) is 20.2 Å². The van der Waals surface area contributed by atoms with E-state index in [9.17, 15) is 4.79 Å². The van der Waals surface area contributed by atoms with Crippen LogP contribution >= 0.6 is 15.9 Å². The lowest BCUT2D eigenvalue weighted by Gasteiger charge is -2.35. The summed E-state index contributed by atoms with van der Waals surface area (Å²) in [7, 11) is 1.60. The quantitative estimate of drug-likeness (QED) is 0.842. The first-order valence-electron chi connectivity index (χ1n) is 7.32. The maximum Gasteiger partial charge on any atom is 0.338 e. The molecular formula is C16H23BrNO3+. The van der Waals surface area contributed by atoms with Gasteiger partial charge in [0.05, 0.1) is 30.2 Å². The van der Waals surface area contributed by atoms with Crippen molar-refractivity contribution in [3.05, 3.63) is 28.2 Å². The van der Waals surface area contributed by atoms with Gasteiger partial charge in [-0.25, -0.2) is 4.79 Å². The van der Waals surface area contributed by atoms with Crippen molar-refractivity contribution in [3.63, 3.8) is 0 Å². The first-order valence-corrected chi connectivity index (χ1v) is 8.12. The molecule has 1 fully saturated rings. The molecule has 0 bridgehead atoms. The summed E-state index contributed by atoms with van der Waals surface area (Å²) >= 11 is 3.39. The Hall–Kier alpha value is -1.07. The molecule has 0 amide bonds. The molecule has 1 aromatic carbocycles. The third-order valence-electron chi connectivity index (χ3n) is 4.16. The largest absolute Gasteiger partial charge is 0.496 e. The second kappa shape index (κ2) is 6.79. The Kier molecular flexibility index (Phi) is 5.27. The molecule has 21 heavy (non-hydrogen) atoms. The van der Waals surface area contributed by atoms with Crippen LogP contribution in [0.15, 0.2) is 22.7 Å². The van der Waals surface area contributed by atoms with Crippen molar-refractivity contribution in [2.24, 2.45) is 5.92 Å². The van der Waals surface area contributed by atoms with Gasteiger partial charge in [0.1, 0.15) is 11.4 Å². The highest BCUT2D eigenvalue weighted by molar-refractivity contribution is 9.10. The molecule has 2 rings (SSSR count). The number of ether oxygens (including phenoxy) is 2. The Labute approximate surface area is 134 Å². The van der Waals surface area contributed by atoms with Gasteiger partial charge >= 0.3 is 5.97 Å². The highest BCUT2D eigenvalue weighted by Gasteiger charge is 2.35. The van der Waals surface area contributed by atoms with Gasteiger partial charge in [0.15, 0.2) is 0 Å². The van der Waals surface area contributed by atoms with Crippen LogP contribution in [-0.4, -0.2) is 31.8 Å². The van der Waals surface area contributed by atoms with E-state index in [-0.39, 0.29) is 5.97 Å². The summed E-state index contributed by atoms with van der Waals surface area (Å²) in [5.41, 5.74) is 0.107. The lowest BCUT2D eigenvalue weighted by Crippen LogP contribution is -2.86. The lowest BCUT2D eigenvalue weighted by atomic mass is 9.83. The summed E-state index contributed by atoms with van der Waals surface area (Å²) < 4.78 is 11.7. The molecule has 0 saturated carbocycles. The van der Waals surface area contributed by atoms with Gasteiger partial charge in [-0.3, -0.25) is 0 Å². The minimum absolute atomic E-state index is 0.280. The van der Waals surface area contributed by atoms with Crippen molar-refractivity contribution in [2.45, 2.75) is 32.3 Å². The molecule has 5 heteroatoms. The number of esters is 1. The Bertz CT molecular complexity index is 510. The van der Waals surface area contributed by atoms with E-state index < -0.39 is 5.60 Å². The normalized spacial score (nSPS) is 16.6. The fourth-order valence-corrected chi connectivity index (χ4v) is 3.34. The molecule has 1 saturated heterocycles. The van der Waals surface area contributed by atoms with Gasteiger partial charge in [0, 0.05) is 18.8 Å². The average Bonchev–Trinajstić information content (AvgIpc) is 2.47. The topological polar surface area (TPSA) is 52.1 Å². The van der Waals surface area contributed by atoms with E-state index in [2.05, 4.69) is 21.2 Å². The van der Waals surface area contributed by atoms with E-state index in [0.29, 0.717) is 17.2 Å². The maximum atomic E-state index is 12.4. The number of carbonyl (C=O) groups excluding carboxylic acids is 1. The molecule has 2 N–H and O–H groups in total. The van der Waals surface area contributed by atoms with Crippen LogP contribution in [0.2, 0.25) is 0 Å². The van der Waals surface area contributed by atoms with E-state index in [4.69, 9.17) is 9.47 Å². The van der Waals surface area contributed by atoms with Crippen molar-refractivity contribution >= 4 is 21.9 Å². The number of nitrogens with two attached hydrogens (primary N) is 1. The van der Waals surface area contributed by atoms with Gasteiger partial charge in [-0.15, -0.1) is 0 Å². The Morgan fingerprint density at radius 1 is 1.33 bits per heavy atom. The second-order valence-electron chi connectivity index (χ2n) is 5.98. The zero-order chi connectivity index (χ0) is 15.5. The van der Waals surface area contributed by atoms with E-state index in [0.717, 1.165) is 30.4 Å². The molecule has 0 aromatic heterocycles. The number of halogens is 1. The highest BCUT2D eigenvalue weighted by Crippen LogP contribution is 2.30. The number of piperidine rings is 1. The Balaban J connectivity index is 2.07. The zero-order valence-electron chi connectivity index (χ0n) is 12.8. The van der Waals surface area contributed by atoms with Crippen molar-refractivity contribution in [1.82, 2.24) is 0 Å². The molecule has 0 spiro atoms. The van der Waals surface area contributed by atoms with Crippen LogP contribution in [0, 0.1) is 5.92 Å². The summed E-state index contributed by atoms with van der Waals surface area (Å²) in [5.74, 6) is 0.847. The predicted octanol–water partition coefficient (Wildman–Crippen LogP) is 2.37. The van der Waals surface area contributed by atoms with Gasteiger partial charge < -0.3 is 14.8 Å². The Morgan fingerprint density at radius 2 is 2.00 bits per heavy atom. The number of benzene rings is 1. The van der Waals surface area contributed by atoms with Crippen molar-refractivity contribution < 1.29 is 19.6 Å². The molecule has 1 aliphatic rings. The number of methoxy groups -OCH3 is 1. The van der Waals surface area contributed by atoms with E-state index in [1.807, 2.05) is 13.8 Å². The minimum Gasteiger partial charge on any atom is -0.496 e. The summed E-state index contributed by atoms with van der Waals surface area (Å²) in [5, 5.41) is 2.31. The molecule has 1 heterocycles. The van der Waals surface area contributed by atoms with E-state index >= 15 is 0 Å². The number of hydrogen-bond donors (Lipinski definition) is 1. The van der Waals surface area contributed by atoms with Crippen molar-refractivity contribution in [3.8, 4) is 5.75 Å². The molecule has 0 radical (unpaired) electrons. The van der Waals surface area contributed by atoms with Crippen LogP contribution in [-0.2, 0) is 4.74 Å². The predicted molar refractivity (Wildman–Crippen MR) is 84.6 cm³/mol.